The van der Waals surface area contributed by atoms with Crippen LogP contribution >= 0.6 is 0 Å². The molecule has 0 spiro atoms. The fourth-order valence-corrected chi connectivity index (χ4v) is 1.20. The van der Waals surface area contributed by atoms with Crippen molar-refractivity contribution in [3.8, 4) is 5.75 Å². The number of ether oxygens (including phenoxy) is 2. The van der Waals surface area contributed by atoms with Gasteiger partial charge in [-0.25, -0.2) is 4.79 Å². The minimum Gasteiger partial charge on any atom is -0.459 e. The first-order valence-corrected chi connectivity index (χ1v) is 5.55. The molecule has 0 atom stereocenters. The van der Waals surface area contributed by atoms with Crippen LogP contribution in [0.5, 0.6) is 5.75 Å². The smallest absolute Gasteiger partial charge is 0.342 e. The summed E-state index contributed by atoms with van der Waals surface area (Å²) < 4.78 is 10.1. The minimum absolute atomic E-state index is 0.211. The zero-order chi connectivity index (χ0) is 12.8. The zero-order valence-electron chi connectivity index (χ0n) is 10.2. The summed E-state index contributed by atoms with van der Waals surface area (Å²) in [5, 5.41) is 0. The van der Waals surface area contributed by atoms with Crippen molar-refractivity contribution in [2.75, 3.05) is 0 Å². The second kappa shape index (κ2) is 6.03. The Morgan fingerprint density at radius 1 is 1.24 bits per heavy atom. The van der Waals surface area contributed by atoms with Gasteiger partial charge in [-0.3, -0.25) is 4.79 Å². The molecule has 92 valence electrons. The van der Waals surface area contributed by atoms with Crippen molar-refractivity contribution in [2.24, 2.45) is 0 Å². The van der Waals surface area contributed by atoms with Gasteiger partial charge in [0.15, 0.2) is 0 Å². The van der Waals surface area contributed by atoms with Crippen LogP contribution < -0.4 is 4.74 Å². The third kappa shape index (κ3) is 3.90. The van der Waals surface area contributed by atoms with E-state index in [0.717, 1.165) is 0 Å². The largest absolute Gasteiger partial charge is 0.459 e. The molecule has 4 heteroatoms. The van der Waals surface area contributed by atoms with Crippen molar-refractivity contribution in [2.45, 2.75) is 33.3 Å². The Balaban J connectivity index is 2.91. The van der Waals surface area contributed by atoms with Crippen LogP contribution in [-0.4, -0.2) is 18.0 Å². The molecule has 17 heavy (non-hydrogen) atoms. The van der Waals surface area contributed by atoms with E-state index in [9.17, 15) is 9.59 Å². The topological polar surface area (TPSA) is 52.6 Å². The number of hydrogen-bond donors (Lipinski definition) is 0. The van der Waals surface area contributed by atoms with Crippen LogP contribution in [0.2, 0.25) is 0 Å². The predicted molar refractivity (Wildman–Crippen MR) is 62.9 cm³/mol. The van der Waals surface area contributed by atoms with Gasteiger partial charge in [-0.1, -0.05) is 19.1 Å². The zero-order valence-corrected chi connectivity index (χ0v) is 10.2. The van der Waals surface area contributed by atoms with E-state index >= 15 is 0 Å². The molecule has 0 aromatic heterocycles. The molecular formula is C13H16O4. The number of esters is 2. The molecule has 0 radical (unpaired) electrons. The first-order valence-electron chi connectivity index (χ1n) is 5.55. The molecule has 0 amide bonds. The van der Waals surface area contributed by atoms with Gasteiger partial charge >= 0.3 is 11.9 Å². The molecule has 1 aromatic carbocycles. The molecule has 0 heterocycles. The summed E-state index contributed by atoms with van der Waals surface area (Å²) in [7, 11) is 0. The molecule has 0 saturated heterocycles. The van der Waals surface area contributed by atoms with Crippen molar-refractivity contribution >= 4 is 11.9 Å². The molecule has 0 aliphatic carbocycles. The Labute approximate surface area is 101 Å². The summed E-state index contributed by atoms with van der Waals surface area (Å²) >= 11 is 0. The highest BCUT2D eigenvalue weighted by Gasteiger charge is 2.16. The standard InChI is InChI=1S/C13H16O4/c1-4-12(14)17-11-8-6-5-7-10(11)13(15)16-9(2)3/h5-9H,4H2,1-3H3. The molecule has 0 unspecified atom stereocenters. The van der Waals surface area contributed by atoms with Gasteiger partial charge in [-0.05, 0) is 26.0 Å². The number of carbonyl (C=O) groups is 2. The quantitative estimate of drug-likeness (QED) is 0.595. The SMILES string of the molecule is CCC(=O)Oc1ccccc1C(=O)OC(C)C. The summed E-state index contributed by atoms with van der Waals surface area (Å²) in [6, 6.07) is 6.54. The Morgan fingerprint density at radius 2 is 1.88 bits per heavy atom. The summed E-state index contributed by atoms with van der Waals surface area (Å²) in [6.07, 6.45) is 0.0468. The lowest BCUT2D eigenvalue weighted by molar-refractivity contribution is -0.134. The first-order chi connectivity index (χ1) is 8.04. The predicted octanol–water partition coefficient (Wildman–Crippen LogP) is 2.57. The van der Waals surface area contributed by atoms with E-state index < -0.39 is 5.97 Å². The van der Waals surface area contributed by atoms with Crippen LogP contribution in [0.3, 0.4) is 0 Å². The summed E-state index contributed by atoms with van der Waals surface area (Å²) in [5.41, 5.74) is 0.267. The average molecular weight is 236 g/mol. The number of para-hydroxylation sites is 1. The summed E-state index contributed by atoms with van der Waals surface area (Å²) in [5.74, 6) is -0.626. The number of benzene rings is 1. The fourth-order valence-electron chi connectivity index (χ4n) is 1.20. The highest BCUT2D eigenvalue weighted by Crippen LogP contribution is 2.20. The van der Waals surface area contributed by atoms with Crippen molar-refractivity contribution < 1.29 is 19.1 Å². The van der Waals surface area contributed by atoms with Crippen LogP contribution in [0.25, 0.3) is 0 Å². The molecule has 0 aliphatic heterocycles. The molecule has 1 rings (SSSR count). The van der Waals surface area contributed by atoms with Crippen LogP contribution in [0.4, 0.5) is 0 Å². The maximum atomic E-state index is 11.7. The molecule has 0 N–H and O–H groups in total. The Kier molecular flexibility index (Phi) is 4.69. The lowest BCUT2D eigenvalue weighted by Gasteiger charge is -2.11. The Bertz CT molecular complexity index is 410. The average Bonchev–Trinajstić information content (AvgIpc) is 2.28. The van der Waals surface area contributed by atoms with Gasteiger partial charge in [0, 0.05) is 6.42 Å². The summed E-state index contributed by atoms with van der Waals surface area (Å²) in [4.78, 5) is 22.9. The van der Waals surface area contributed by atoms with Gasteiger partial charge in [0.25, 0.3) is 0 Å². The minimum atomic E-state index is -0.487. The van der Waals surface area contributed by atoms with Gasteiger partial charge in [-0.2, -0.15) is 0 Å². The molecule has 0 bridgehead atoms. The molecule has 0 saturated carbocycles. The van der Waals surface area contributed by atoms with E-state index in [1.807, 2.05) is 0 Å². The van der Waals surface area contributed by atoms with Crippen LogP contribution in [0, 0.1) is 0 Å². The lowest BCUT2D eigenvalue weighted by Crippen LogP contribution is -2.14. The van der Waals surface area contributed by atoms with Gasteiger partial charge in [0.1, 0.15) is 11.3 Å². The highest BCUT2D eigenvalue weighted by atomic mass is 16.6. The Morgan fingerprint density at radius 3 is 2.47 bits per heavy atom. The fraction of sp³-hybridized carbons (Fsp3) is 0.385. The van der Waals surface area contributed by atoms with Crippen molar-refractivity contribution in [1.29, 1.82) is 0 Å². The van der Waals surface area contributed by atoms with Crippen LogP contribution in [0.15, 0.2) is 24.3 Å². The van der Waals surface area contributed by atoms with E-state index in [4.69, 9.17) is 9.47 Å². The van der Waals surface area contributed by atoms with Crippen LogP contribution in [-0.2, 0) is 9.53 Å². The second-order valence-corrected chi connectivity index (χ2v) is 3.78. The van der Waals surface area contributed by atoms with Gasteiger partial charge < -0.3 is 9.47 Å². The maximum absolute atomic E-state index is 11.7. The second-order valence-electron chi connectivity index (χ2n) is 3.78. The third-order valence-electron chi connectivity index (χ3n) is 1.96. The lowest BCUT2D eigenvalue weighted by atomic mass is 10.2. The number of carbonyl (C=O) groups excluding carboxylic acids is 2. The summed E-state index contributed by atoms with van der Waals surface area (Å²) in [6.45, 7) is 5.22. The Hall–Kier alpha value is -1.84. The molecule has 0 aliphatic rings. The molecule has 0 fully saturated rings. The first kappa shape index (κ1) is 13.2. The van der Waals surface area contributed by atoms with E-state index in [1.165, 1.54) is 0 Å². The maximum Gasteiger partial charge on any atom is 0.342 e. The highest BCUT2D eigenvalue weighted by molar-refractivity contribution is 5.93. The van der Waals surface area contributed by atoms with Crippen molar-refractivity contribution in [3.63, 3.8) is 0 Å². The van der Waals surface area contributed by atoms with E-state index in [0.29, 0.717) is 0 Å². The third-order valence-corrected chi connectivity index (χ3v) is 1.96. The van der Waals surface area contributed by atoms with E-state index in [1.54, 1.807) is 45.0 Å². The number of rotatable bonds is 4. The molecule has 4 nitrogen and oxygen atoms in total. The monoisotopic (exact) mass is 236 g/mol. The van der Waals surface area contributed by atoms with Crippen molar-refractivity contribution in [1.82, 2.24) is 0 Å². The van der Waals surface area contributed by atoms with E-state index in [2.05, 4.69) is 0 Å². The molecular weight excluding hydrogens is 220 g/mol. The van der Waals surface area contributed by atoms with E-state index in [-0.39, 0.29) is 29.8 Å². The van der Waals surface area contributed by atoms with Gasteiger partial charge in [0.2, 0.25) is 0 Å². The van der Waals surface area contributed by atoms with Gasteiger partial charge in [-0.15, -0.1) is 0 Å². The normalized spacial score (nSPS) is 10.1. The van der Waals surface area contributed by atoms with Crippen LogP contribution in [0.1, 0.15) is 37.6 Å². The number of hydrogen-bond acceptors (Lipinski definition) is 4. The molecule has 1 aromatic rings. The van der Waals surface area contributed by atoms with Crippen molar-refractivity contribution in [3.05, 3.63) is 29.8 Å². The van der Waals surface area contributed by atoms with Gasteiger partial charge in [0.05, 0.1) is 6.10 Å².